The Bertz CT molecular complexity index is 578. The summed E-state index contributed by atoms with van der Waals surface area (Å²) in [5.74, 6) is 0. The van der Waals surface area contributed by atoms with Gasteiger partial charge in [-0.15, -0.1) is 0 Å². The molecule has 86 valence electrons. The van der Waals surface area contributed by atoms with Crippen LogP contribution in [-0.4, -0.2) is 18.9 Å². The monoisotopic (exact) mass is 240 g/mol. The van der Waals surface area contributed by atoms with Crippen molar-refractivity contribution >= 4 is 11.6 Å². The highest BCUT2D eigenvalue weighted by Crippen LogP contribution is 2.19. The molecule has 2 aromatic rings. The van der Waals surface area contributed by atoms with E-state index in [2.05, 4.69) is 5.10 Å². The van der Waals surface area contributed by atoms with Crippen LogP contribution in [0.2, 0.25) is 5.02 Å². The lowest BCUT2D eigenvalue weighted by Gasteiger charge is -2.02. The topological polar surface area (TPSA) is 44.8 Å². The smallest absolute Gasteiger partial charge is 0.302 e. The highest BCUT2D eigenvalue weighted by Gasteiger charge is 2.12. The van der Waals surface area contributed by atoms with Crippen molar-refractivity contribution in [3.63, 3.8) is 0 Å². The zero-order chi connectivity index (χ0) is 11.9. The molecule has 0 saturated carbocycles. The third-order valence-corrected chi connectivity index (χ3v) is 3.09. The Labute approximate surface area is 97.9 Å². The van der Waals surface area contributed by atoms with Crippen LogP contribution in [0.15, 0.2) is 17.2 Å². The summed E-state index contributed by atoms with van der Waals surface area (Å²) >= 11 is 6.12. The molecule has 0 aromatic carbocycles. The van der Waals surface area contributed by atoms with Crippen molar-refractivity contribution in [2.45, 2.75) is 13.5 Å². The molecule has 0 unspecified atom stereocenters. The first kappa shape index (κ1) is 11.0. The molecule has 0 bridgehead atoms. The molecule has 0 aliphatic rings. The first-order valence-electron chi connectivity index (χ1n) is 4.90. The molecule has 0 radical (unpaired) electrons. The highest BCUT2D eigenvalue weighted by molar-refractivity contribution is 6.31. The number of aryl methyl sites for hydroxylation is 3. The highest BCUT2D eigenvalue weighted by atomic mass is 35.5. The van der Waals surface area contributed by atoms with E-state index in [4.69, 9.17) is 11.6 Å². The van der Waals surface area contributed by atoms with Gasteiger partial charge in [0.05, 0.1) is 23.0 Å². The molecule has 0 spiro atoms. The second kappa shape index (κ2) is 3.83. The Kier molecular flexibility index (Phi) is 2.63. The van der Waals surface area contributed by atoms with E-state index in [0.29, 0.717) is 11.6 Å². The third kappa shape index (κ3) is 1.67. The predicted octanol–water partition coefficient (Wildman–Crippen LogP) is 0.930. The Morgan fingerprint density at radius 2 is 2.06 bits per heavy atom. The largest absolute Gasteiger partial charge is 0.328 e. The molecular formula is C10H13ClN4O. The maximum absolute atomic E-state index is 11.7. The van der Waals surface area contributed by atoms with Crippen LogP contribution in [0.5, 0.6) is 0 Å². The summed E-state index contributed by atoms with van der Waals surface area (Å²) in [4.78, 5) is 11.7. The van der Waals surface area contributed by atoms with E-state index in [1.807, 2.05) is 14.0 Å². The van der Waals surface area contributed by atoms with Crippen LogP contribution < -0.4 is 5.69 Å². The van der Waals surface area contributed by atoms with Gasteiger partial charge in [-0.3, -0.25) is 9.25 Å². The van der Waals surface area contributed by atoms with Gasteiger partial charge in [-0.1, -0.05) is 11.6 Å². The van der Waals surface area contributed by atoms with Gasteiger partial charge < -0.3 is 4.57 Å². The fourth-order valence-corrected chi connectivity index (χ4v) is 1.86. The minimum atomic E-state index is -0.0603. The van der Waals surface area contributed by atoms with Gasteiger partial charge in [0, 0.05) is 26.5 Å². The maximum Gasteiger partial charge on any atom is 0.328 e. The standard InChI is InChI=1S/C10H13ClN4O/c1-7-9(11)8(14(3)12-7)6-15-5-4-13(2)10(15)16/h4-5H,6H2,1-3H3. The predicted molar refractivity (Wildman–Crippen MR) is 61.7 cm³/mol. The van der Waals surface area contributed by atoms with E-state index in [-0.39, 0.29) is 5.69 Å². The Morgan fingerprint density at radius 3 is 2.50 bits per heavy atom. The number of hydrogen-bond donors (Lipinski definition) is 0. The number of rotatable bonds is 2. The van der Waals surface area contributed by atoms with Crippen molar-refractivity contribution < 1.29 is 0 Å². The van der Waals surface area contributed by atoms with Gasteiger partial charge in [-0.25, -0.2) is 4.79 Å². The molecule has 0 N–H and O–H groups in total. The molecule has 0 atom stereocenters. The maximum atomic E-state index is 11.7. The summed E-state index contributed by atoms with van der Waals surface area (Å²) in [5, 5.41) is 4.83. The molecule has 0 aliphatic heterocycles. The fourth-order valence-electron chi connectivity index (χ4n) is 1.64. The Balaban J connectivity index is 2.41. The van der Waals surface area contributed by atoms with Crippen molar-refractivity contribution in [2.75, 3.05) is 0 Å². The van der Waals surface area contributed by atoms with E-state index in [1.165, 1.54) is 4.57 Å². The molecule has 5 nitrogen and oxygen atoms in total. The molecule has 2 rings (SSSR count). The summed E-state index contributed by atoms with van der Waals surface area (Å²) in [7, 11) is 3.54. The number of halogens is 1. The summed E-state index contributed by atoms with van der Waals surface area (Å²) in [5.41, 5.74) is 1.56. The van der Waals surface area contributed by atoms with Gasteiger partial charge in [0.2, 0.25) is 0 Å². The molecule has 0 fully saturated rings. The van der Waals surface area contributed by atoms with Gasteiger partial charge in [-0.2, -0.15) is 5.10 Å². The van der Waals surface area contributed by atoms with Crippen LogP contribution in [0.25, 0.3) is 0 Å². The normalized spacial score (nSPS) is 11.0. The Hall–Kier alpha value is -1.49. The summed E-state index contributed by atoms with van der Waals surface area (Å²) in [6.07, 6.45) is 3.46. The van der Waals surface area contributed by atoms with Crippen molar-refractivity contribution in [3.05, 3.63) is 39.3 Å². The van der Waals surface area contributed by atoms with E-state index >= 15 is 0 Å². The minimum absolute atomic E-state index is 0.0603. The first-order chi connectivity index (χ1) is 7.50. The van der Waals surface area contributed by atoms with Crippen LogP contribution in [0.3, 0.4) is 0 Å². The van der Waals surface area contributed by atoms with Crippen LogP contribution in [0, 0.1) is 6.92 Å². The fraction of sp³-hybridized carbons (Fsp3) is 0.400. The lowest BCUT2D eigenvalue weighted by molar-refractivity contribution is 0.641. The zero-order valence-corrected chi connectivity index (χ0v) is 10.2. The number of hydrogen-bond acceptors (Lipinski definition) is 2. The van der Waals surface area contributed by atoms with Gasteiger partial charge in [-0.05, 0) is 6.92 Å². The summed E-state index contributed by atoms with van der Waals surface area (Å²) < 4.78 is 4.83. The van der Waals surface area contributed by atoms with Crippen LogP contribution in [-0.2, 0) is 20.6 Å². The Morgan fingerprint density at radius 1 is 1.38 bits per heavy atom. The van der Waals surface area contributed by atoms with E-state index in [9.17, 15) is 4.79 Å². The van der Waals surface area contributed by atoms with Gasteiger partial charge in [0.25, 0.3) is 0 Å². The van der Waals surface area contributed by atoms with Gasteiger partial charge >= 0.3 is 5.69 Å². The first-order valence-corrected chi connectivity index (χ1v) is 5.28. The van der Waals surface area contributed by atoms with E-state index < -0.39 is 0 Å². The lowest BCUT2D eigenvalue weighted by Crippen LogP contribution is -2.23. The molecule has 0 saturated heterocycles. The molecule has 16 heavy (non-hydrogen) atoms. The molecule has 2 heterocycles. The quantitative estimate of drug-likeness (QED) is 0.784. The third-order valence-electron chi connectivity index (χ3n) is 2.60. The summed E-state index contributed by atoms with van der Waals surface area (Å²) in [6, 6.07) is 0. The molecule has 0 amide bonds. The van der Waals surface area contributed by atoms with Gasteiger partial charge in [0.1, 0.15) is 0 Å². The SMILES string of the molecule is Cc1nn(C)c(Cn2ccn(C)c2=O)c1Cl. The average molecular weight is 241 g/mol. The number of aromatic nitrogens is 4. The zero-order valence-electron chi connectivity index (χ0n) is 9.44. The average Bonchev–Trinajstić information content (AvgIpc) is 2.66. The summed E-state index contributed by atoms with van der Waals surface area (Å²) in [6.45, 7) is 2.29. The van der Waals surface area contributed by atoms with E-state index in [1.54, 1.807) is 28.7 Å². The van der Waals surface area contributed by atoms with Crippen molar-refractivity contribution in [2.24, 2.45) is 14.1 Å². The second-order valence-corrected chi connectivity index (χ2v) is 4.17. The van der Waals surface area contributed by atoms with Crippen LogP contribution in [0.4, 0.5) is 0 Å². The van der Waals surface area contributed by atoms with Crippen LogP contribution >= 0.6 is 11.6 Å². The van der Waals surface area contributed by atoms with Crippen molar-refractivity contribution in [3.8, 4) is 0 Å². The van der Waals surface area contributed by atoms with Crippen LogP contribution in [0.1, 0.15) is 11.4 Å². The lowest BCUT2D eigenvalue weighted by atomic mass is 10.3. The van der Waals surface area contributed by atoms with Gasteiger partial charge in [0.15, 0.2) is 0 Å². The van der Waals surface area contributed by atoms with E-state index in [0.717, 1.165) is 11.4 Å². The molecule has 0 aliphatic carbocycles. The number of imidazole rings is 1. The second-order valence-electron chi connectivity index (χ2n) is 3.79. The number of nitrogens with zero attached hydrogens (tertiary/aromatic N) is 4. The van der Waals surface area contributed by atoms with Crippen molar-refractivity contribution in [1.82, 2.24) is 18.9 Å². The van der Waals surface area contributed by atoms with Crippen molar-refractivity contribution in [1.29, 1.82) is 0 Å². The minimum Gasteiger partial charge on any atom is -0.302 e. The molecule has 6 heteroatoms. The molecule has 2 aromatic heterocycles. The molecular weight excluding hydrogens is 228 g/mol.